The zero-order valence-corrected chi connectivity index (χ0v) is 16.4. The maximum Gasteiger partial charge on any atom is 0.243 e. The van der Waals surface area contributed by atoms with Crippen molar-refractivity contribution in [2.75, 3.05) is 20.2 Å². The van der Waals surface area contributed by atoms with E-state index >= 15 is 0 Å². The molecule has 0 aliphatic carbocycles. The average Bonchev–Trinajstić information content (AvgIpc) is 3.41. The standard InChI is InChI=1S/C20H21N3O4S/c1-26-17-8-4-15(5-9-17)14-19-21-20(22-27-19)16-6-10-18(11-7-16)28(24,25)23-12-2-3-13-23/h4-11H,2-3,12-14H2,1H3. The number of ether oxygens (including phenoxy) is 1. The van der Waals surface area contributed by atoms with Crippen molar-refractivity contribution < 1.29 is 17.7 Å². The van der Waals surface area contributed by atoms with Crippen LogP contribution in [0.2, 0.25) is 0 Å². The summed E-state index contributed by atoms with van der Waals surface area (Å²) in [6.07, 6.45) is 2.34. The van der Waals surface area contributed by atoms with Gasteiger partial charge in [-0.3, -0.25) is 0 Å². The maximum absolute atomic E-state index is 12.6. The van der Waals surface area contributed by atoms with Crippen LogP contribution in [0.15, 0.2) is 57.9 Å². The Balaban J connectivity index is 1.49. The normalized spacial score (nSPS) is 15.0. The molecule has 1 aromatic heterocycles. The molecule has 0 bridgehead atoms. The summed E-state index contributed by atoms with van der Waals surface area (Å²) in [6.45, 7) is 1.17. The van der Waals surface area contributed by atoms with E-state index in [1.807, 2.05) is 24.3 Å². The van der Waals surface area contributed by atoms with Crippen LogP contribution in [0.4, 0.5) is 0 Å². The van der Waals surface area contributed by atoms with Crippen molar-refractivity contribution in [3.63, 3.8) is 0 Å². The van der Waals surface area contributed by atoms with Crippen LogP contribution in [0.25, 0.3) is 11.4 Å². The molecule has 0 amide bonds. The summed E-state index contributed by atoms with van der Waals surface area (Å²) in [5.74, 6) is 1.72. The molecule has 8 heteroatoms. The second-order valence-electron chi connectivity index (χ2n) is 6.67. The summed E-state index contributed by atoms with van der Waals surface area (Å²) in [5.41, 5.74) is 1.74. The van der Waals surface area contributed by atoms with Crippen molar-refractivity contribution in [1.29, 1.82) is 0 Å². The van der Waals surface area contributed by atoms with Crippen molar-refractivity contribution in [1.82, 2.24) is 14.4 Å². The Labute approximate surface area is 164 Å². The van der Waals surface area contributed by atoms with E-state index in [0.29, 0.717) is 41.7 Å². The summed E-state index contributed by atoms with van der Waals surface area (Å²) in [7, 11) is -1.79. The van der Waals surface area contributed by atoms with Crippen molar-refractivity contribution in [2.24, 2.45) is 0 Å². The number of methoxy groups -OCH3 is 1. The molecule has 0 spiro atoms. The molecular formula is C20H21N3O4S. The third kappa shape index (κ3) is 3.79. The quantitative estimate of drug-likeness (QED) is 0.633. The highest BCUT2D eigenvalue weighted by Crippen LogP contribution is 2.24. The largest absolute Gasteiger partial charge is 0.497 e. The van der Waals surface area contributed by atoms with Gasteiger partial charge < -0.3 is 9.26 Å². The molecule has 2 heterocycles. The molecule has 1 aliphatic rings. The van der Waals surface area contributed by atoms with Gasteiger partial charge in [0.15, 0.2) is 0 Å². The fraction of sp³-hybridized carbons (Fsp3) is 0.300. The van der Waals surface area contributed by atoms with E-state index in [0.717, 1.165) is 24.2 Å². The zero-order valence-electron chi connectivity index (χ0n) is 15.5. The molecule has 4 rings (SSSR count). The van der Waals surface area contributed by atoms with Gasteiger partial charge in [0, 0.05) is 18.7 Å². The molecule has 146 valence electrons. The molecule has 1 saturated heterocycles. The Morgan fingerprint density at radius 1 is 1.04 bits per heavy atom. The first kappa shape index (κ1) is 18.6. The highest BCUT2D eigenvalue weighted by atomic mass is 32.2. The second-order valence-corrected chi connectivity index (χ2v) is 8.61. The molecular weight excluding hydrogens is 378 g/mol. The predicted molar refractivity (Wildman–Crippen MR) is 104 cm³/mol. The lowest BCUT2D eigenvalue weighted by atomic mass is 10.1. The Morgan fingerprint density at radius 2 is 1.71 bits per heavy atom. The van der Waals surface area contributed by atoms with Gasteiger partial charge in [-0.1, -0.05) is 17.3 Å². The van der Waals surface area contributed by atoms with Crippen molar-refractivity contribution in [2.45, 2.75) is 24.2 Å². The number of benzene rings is 2. The minimum Gasteiger partial charge on any atom is -0.497 e. The van der Waals surface area contributed by atoms with Crippen LogP contribution in [-0.2, 0) is 16.4 Å². The lowest BCUT2D eigenvalue weighted by Gasteiger charge is -2.15. The van der Waals surface area contributed by atoms with Crippen molar-refractivity contribution in [3.8, 4) is 17.1 Å². The second kappa shape index (κ2) is 7.73. The van der Waals surface area contributed by atoms with E-state index < -0.39 is 10.0 Å². The van der Waals surface area contributed by atoms with Gasteiger partial charge in [0.2, 0.25) is 21.7 Å². The first-order valence-corrected chi connectivity index (χ1v) is 10.6. The van der Waals surface area contributed by atoms with Crippen LogP contribution < -0.4 is 4.74 Å². The maximum atomic E-state index is 12.6. The molecule has 0 radical (unpaired) electrons. The van der Waals surface area contributed by atoms with Gasteiger partial charge in [-0.25, -0.2) is 8.42 Å². The third-order valence-corrected chi connectivity index (χ3v) is 6.71. The highest BCUT2D eigenvalue weighted by molar-refractivity contribution is 7.89. The van der Waals surface area contributed by atoms with E-state index in [1.165, 1.54) is 4.31 Å². The van der Waals surface area contributed by atoms with E-state index in [4.69, 9.17) is 9.26 Å². The van der Waals surface area contributed by atoms with Gasteiger partial charge in [0.1, 0.15) is 5.75 Å². The molecule has 28 heavy (non-hydrogen) atoms. The van der Waals surface area contributed by atoms with Gasteiger partial charge >= 0.3 is 0 Å². The van der Waals surface area contributed by atoms with Gasteiger partial charge in [0.25, 0.3) is 0 Å². The number of sulfonamides is 1. The lowest BCUT2D eigenvalue weighted by Crippen LogP contribution is -2.27. The molecule has 0 atom stereocenters. The van der Waals surface area contributed by atoms with Crippen LogP contribution >= 0.6 is 0 Å². The monoisotopic (exact) mass is 399 g/mol. The third-order valence-electron chi connectivity index (χ3n) is 4.80. The van der Waals surface area contributed by atoms with Gasteiger partial charge in [-0.2, -0.15) is 9.29 Å². The smallest absolute Gasteiger partial charge is 0.243 e. The fourth-order valence-corrected chi connectivity index (χ4v) is 4.73. The van der Waals surface area contributed by atoms with Gasteiger partial charge in [0.05, 0.1) is 18.4 Å². The summed E-state index contributed by atoms with van der Waals surface area (Å²) in [6, 6.07) is 14.3. The number of hydrogen-bond donors (Lipinski definition) is 0. The minimum atomic E-state index is -3.42. The summed E-state index contributed by atoms with van der Waals surface area (Å²) >= 11 is 0. The number of aromatic nitrogens is 2. The summed E-state index contributed by atoms with van der Waals surface area (Å²) in [5, 5.41) is 4.01. The van der Waals surface area contributed by atoms with E-state index in [2.05, 4.69) is 10.1 Å². The summed E-state index contributed by atoms with van der Waals surface area (Å²) in [4.78, 5) is 4.71. The van der Waals surface area contributed by atoms with Crippen LogP contribution in [0.5, 0.6) is 5.75 Å². The van der Waals surface area contributed by atoms with Crippen LogP contribution in [0, 0.1) is 0 Å². The molecule has 3 aromatic rings. The molecule has 2 aromatic carbocycles. The lowest BCUT2D eigenvalue weighted by molar-refractivity contribution is 0.385. The van der Waals surface area contributed by atoms with Gasteiger partial charge in [-0.05, 0) is 54.8 Å². The predicted octanol–water partition coefficient (Wildman–Crippen LogP) is 3.12. The Hall–Kier alpha value is -2.71. The van der Waals surface area contributed by atoms with E-state index in [1.54, 1.807) is 31.4 Å². The van der Waals surface area contributed by atoms with E-state index in [9.17, 15) is 8.42 Å². The molecule has 0 N–H and O–H groups in total. The fourth-order valence-electron chi connectivity index (χ4n) is 3.22. The van der Waals surface area contributed by atoms with Crippen LogP contribution in [-0.4, -0.2) is 43.1 Å². The number of nitrogens with zero attached hydrogens (tertiary/aromatic N) is 3. The molecule has 1 fully saturated rings. The number of hydrogen-bond acceptors (Lipinski definition) is 6. The Kier molecular flexibility index (Phi) is 5.15. The molecule has 1 aliphatic heterocycles. The Bertz CT molecular complexity index is 1040. The zero-order chi connectivity index (χ0) is 19.6. The van der Waals surface area contributed by atoms with Crippen molar-refractivity contribution in [3.05, 3.63) is 60.0 Å². The van der Waals surface area contributed by atoms with Crippen molar-refractivity contribution >= 4 is 10.0 Å². The number of rotatable bonds is 6. The Morgan fingerprint density at radius 3 is 2.36 bits per heavy atom. The average molecular weight is 399 g/mol. The first-order chi connectivity index (χ1) is 13.6. The first-order valence-electron chi connectivity index (χ1n) is 9.12. The van der Waals surface area contributed by atoms with E-state index in [-0.39, 0.29) is 0 Å². The molecule has 0 saturated carbocycles. The molecule has 0 unspecified atom stereocenters. The van der Waals surface area contributed by atoms with Gasteiger partial charge in [-0.15, -0.1) is 0 Å². The van der Waals surface area contributed by atoms with Crippen LogP contribution in [0.1, 0.15) is 24.3 Å². The SMILES string of the molecule is COc1ccc(Cc2nc(-c3ccc(S(=O)(=O)N4CCCC4)cc3)no2)cc1. The summed E-state index contributed by atoms with van der Waals surface area (Å²) < 4.78 is 37.2. The minimum absolute atomic E-state index is 0.292. The van der Waals surface area contributed by atoms with Crippen LogP contribution in [0.3, 0.4) is 0 Å². The topological polar surface area (TPSA) is 85.5 Å². The highest BCUT2D eigenvalue weighted by Gasteiger charge is 2.27. The molecule has 7 nitrogen and oxygen atoms in total.